The zero-order valence-corrected chi connectivity index (χ0v) is 9.62. The van der Waals surface area contributed by atoms with Crippen molar-refractivity contribution in [2.75, 3.05) is 19.6 Å². The Morgan fingerprint density at radius 3 is 2.87 bits per heavy atom. The smallest absolute Gasteiger partial charge is 0.238 e. The predicted octanol–water partition coefficient (Wildman–Crippen LogP) is 0.357. The molecule has 2 heterocycles. The molecule has 86 valence electrons. The van der Waals surface area contributed by atoms with Crippen LogP contribution in [0.3, 0.4) is 0 Å². The highest BCUT2D eigenvalue weighted by molar-refractivity contribution is 5.78. The van der Waals surface area contributed by atoms with Gasteiger partial charge in [0, 0.05) is 19.0 Å². The van der Waals surface area contributed by atoms with Crippen molar-refractivity contribution in [2.24, 2.45) is 11.8 Å². The van der Waals surface area contributed by atoms with Gasteiger partial charge in [-0.25, -0.2) is 5.43 Å². The molecule has 0 radical (unpaired) electrons. The first-order valence-electron chi connectivity index (χ1n) is 5.94. The van der Waals surface area contributed by atoms with Gasteiger partial charge in [0.05, 0.1) is 0 Å². The van der Waals surface area contributed by atoms with Gasteiger partial charge in [-0.15, -0.1) is 0 Å². The number of carbonyl (C=O) groups excluding carboxylic acids is 1. The van der Waals surface area contributed by atoms with Crippen LogP contribution in [0.4, 0.5) is 0 Å². The fraction of sp³-hybridized carbons (Fsp3) is 0.909. The highest BCUT2D eigenvalue weighted by atomic mass is 16.2. The number of amides is 1. The summed E-state index contributed by atoms with van der Waals surface area (Å²) >= 11 is 0. The van der Waals surface area contributed by atoms with Crippen molar-refractivity contribution in [1.82, 2.24) is 15.8 Å². The molecule has 2 aliphatic heterocycles. The van der Waals surface area contributed by atoms with Crippen LogP contribution >= 0.6 is 0 Å². The topological polar surface area (TPSA) is 44.4 Å². The van der Waals surface area contributed by atoms with Gasteiger partial charge in [0.25, 0.3) is 0 Å². The third kappa shape index (κ3) is 2.49. The summed E-state index contributed by atoms with van der Waals surface area (Å²) in [5.41, 5.74) is 3.32. The van der Waals surface area contributed by atoms with Crippen molar-refractivity contribution < 1.29 is 4.79 Å². The quantitative estimate of drug-likeness (QED) is 0.708. The van der Waals surface area contributed by atoms with Gasteiger partial charge in [-0.2, -0.15) is 0 Å². The summed E-state index contributed by atoms with van der Waals surface area (Å²) in [5, 5.41) is 5.16. The third-order valence-electron chi connectivity index (χ3n) is 3.43. The summed E-state index contributed by atoms with van der Waals surface area (Å²) < 4.78 is 0. The first kappa shape index (κ1) is 10.9. The SMILES string of the molecule is CC(C)C1CC(=O)N(CC2CCNC2)N1. The number of carbonyl (C=O) groups is 1. The summed E-state index contributed by atoms with van der Waals surface area (Å²) in [6.45, 7) is 7.34. The summed E-state index contributed by atoms with van der Waals surface area (Å²) in [4.78, 5) is 11.7. The molecule has 1 amide bonds. The number of rotatable bonds is 3. The molecule has 4 nitrogen and oxygen atoms in total. The highest BCUT2D eigenvalue weighted by Crippen LogP contribution is 2.18. The van der Waals surface area contributed by atoms with E-state index >= 15 is 0 Å². The van der Waals surface area contributed by atoms with Crippen LogP contribution in [0.15, 0.2) is 0 Å². The molecule has 2 unspecified atom stereocenters. The van der Waals surface area contributed by atoms with E-state index in [9.17, 15) is 4.79 Å². The predicted molar refractivity (Wildman–Crippen MR) is 59.1 cm³/mol. The maximum absolute atomic E-state index is 11.7. The first-order chi connectivity index (χ1) is 7.16. The second-order valence-electron chi connectivity index (χ2n) is 5.05. The van der Waals surface area contributed by atoms with Gasteiger partial charge in [0.2, 0.25) is 5.91 Å². The Labute approximate surface area is 91.4 Å². The molecule has 0 aromatic heterocycles. The number of nitrogens with one attached hydrogen (secondary N) is 2. The standard InChI is InChI=1S/C11H21N3O/c1-8(2)10-5-11(15)14(13-10)7-9-3-4-12-6-9/h8-10,12-13H,3-7H2,1-2H3. The molecule has 2 aliphatic rings. The Balaban J connectivity index is 1.85. The second-order valence-corrected chi connectivity index (χ2v) is 5.05. The van der Waals surface area contributed by atoms with E-state index in [1.165, 1.54) is 6.42 Å². The minimum Gasteiger partial charge on any atom is -0.316 e. The van der Waals surface area contributed by atoms with Crippen molar-refractivity contribution in [1.29, 1.82) is 0 Å². The Bertz CT molecular complexity index is 236. The largest absolute Gasteiger partial charge is 0.316 e. The van der Waals surface area contributed by atoms with Crippen LogP contribution in [0.2, 0.25) is 0 Å². The van der Waals surface area contributed by atoms with Gasteiger partial charge in [-0.1, -0.05) is 13.8 Å². The van der Waals surface area contributed by atoms with Crippen LogP contribution in [0.1, 0.15) is 26.7 Å². The number of nitrogens with zero attached hydrogens (tertiary/aromatic N) is 1. The maximum Gasteiger partial charge on any atom is 0.238 e. The van der Waals surface area contributed by atoms with Crippen LogP contribution in [0, 0.1) is 11.8 Å². The Hall–Kier alpha value is -0.610. The molecule has 4 heteroatoms. The van der Waals surface area contributed by atoms with Crippen molar-refractivity contribution in [3.8, 4) is 0 Å². The fourth-order valence-corrected chi connectivity index (χ4v) is 2.28. The number of hydrogen-bond acceptors (Lipinski definition) is 3. The Morgan fingerprint density at radius 2 is 2.33 bits per heavy atom. The lowest BCUT2D eigenvalue weighted by Crippen LogP contribution is -2.42. The molecule has 2 N–H and O–H groups in total. The molecular weight excluding hydrogens is 190 g/mol. The molecule has 0 aromatic carbocycles. The molecule has 2 atom stereocenters. The molecule has 0 saturated carbocycles. The lowest BCUT2D eigenvalue weighted by atomic mass is 10.0. The number of hydrazine groups is 1. The van der Waals surface area contributed by atoms with Gasteiger partial charge < -0.3 is 5.32 Å². The van der Waals surface area contributed by atoms with E-state index in [1.807, 2.05) is 5.01 Å². The molecule has 0 aliphatic carbocycles. The summed E-state index contributed by atoms with van der Waals surface area (Å²) in [5.74, 6) is 1.42. The lowest BCUT2D eigenvalue weighted by Gasteiger charge is -2.22. The van der Waals surface area contributed by atoms with Crippen LogP contribution < -0.4 is 10.7 Å². The average Bonchev–Trinajstić information content (AvgIpc) is 2.77. The van der Waals surface area contributed by atoms with Gasteiger partial charge in [0.1, 0.15) is 0 Å². The molecule has 2 saturated heterocycles. The minimum absolute atomic E-state index is 0.264. The van der Waals surface area contributed by atoms with Crippen LogP contribution in [0.25, 0.3) is 0 Å². The van der Waals surface area contributed by atoms with E-state index in [0.29, 0.717) is 24.3 Å². The zero-order valence-electron chi connectivity index (χ0n) is 9.62. The van der Waals surface area contributed by atoms with E-state index in [4.69, 9.17) is 0 Å². The maximum atomic E-state index is 11.7. The van der Waals surface area contributed by atoms with E-state index < -0.39 is 0 Å². The molecule has 2 rings (SSSR count). The Kier molecular flexibility index (Phi) is 3.26. The van der Waals surface area contributed by atoms with Crippen molar-refractivity contribution in [3.05, 3.63) is 0 Å². The van der Waals surface area contributed by atoms with Gasteiger partial charge >= 0.3 is 0 Å². The third-order valence-corrected chi connectivity index (χ3v) is 3.43. The molecule has 15 heavy (non-hydrogen) atoms. The van der Waals surface area contributed by atoms with Gasteiger partial charge in [-0.05, 0) is 31.3 Å². The lowest BCUT2D eigenvalue weighted by molar-refractivity contribution is -0.130. The fourth-order valence-electron chi connectivity index (χ4n) is 2.28. The van der Waals surface area contributed by atoms with Gasteiger partial charge in [-0.3, -0.25) is 9.80 Å². The van der Waals surface area contributed by atoms with Crippen molar-refractivity contribution in [3.63, 3.8) is 0 Å². The van der Waals surface area contributed by atoms with E-state index in [-0.39, 0.29) is 5.91 Å². The normalized spacial score (nSPS) is 31.9. The molecule has 0 bridgehead atoms. The molecule has 2 fully saturated rings. The second kappa shape index (κ2) is 4.49. The van der Waals surface area contributed by atoms with Crippen LogP contribution in [0.5, 0.6) is 0 Å². The van der Waals surface area contributed by atoms with Gasteiger partial charge in [0.15, 0.2) is 0 Å². The monoisotopic (exact) mass is 211 g/mol. The van der Waals surface area contributed by atoms with Crippen molar-refractivity contribution >= 4 is 5.91 Å². The Morgan fingerprint density at radius 1 is 1.53 bits per heavy atom. The van der Waals surface area contributed by atoms with Crippen LogP contribution in [-0.4, -0.2) is 36.6 Å². The summed E-state index contributed by atoms with van der Waals surface area (Å²) in [7, 11) is 0. The van der Waals surface area contributed by atoms with E-state index in [2.05, 4.69) is 24.6 Å². The average molecular weight is 211 g/mol. The highest BCUT2D eigenvalue weighted by Gasteiger charge is 2.32. The molecule has 0 aromatic rings. The van der Waals surface area contributed by atoms with E-state index in [1.54, 1.807) is 0 Å². The molecular formula is C11H21N3O. The minimum atomic E-state index is 0.264. The van der Waals surface area contributed by atoms with E-state index in [0.717, 1.165) is 19.6 Å². The summed E-state index contributed by atoms with van der Waals surface area (Å²) in [6.07, 6.45) is 1.86. The first-order valence-corrected chi connectivity index (χ1v) is 5.94. The number of hydrogen-bond donors (Lipinski definition) is 2. The van der Waals surface area contributed by atoms with Crippen LogP contribution in [-0.2, 0) is 4.79 Å². The zero-order chi connectivity index (χ0) is 10.8. The summed E-state index contributed by atoms with van der Waals surface area (Å²) in [6, 6.07) is 0.340. The van der Waals surface area contributed by atoms with Crippen molar-refractivity contribution in [2.45, 2.75) is 32.7 Å². The molecule has 0 spiro atoms.